The number of aromatic nitrogens is 1. The van der Waals surface area contributed by atoms with Crippen molar-refractivity contribution in [1.82, 2.24) is 4.98 Å². The number of nitrogens with zero attached hydrogens (tertiary/aromatic N) is 1. The summed E-state index contributed by atoms with van der Waals surface area (Å²) in [5.41, 5.74) is 1.91. The second-order valence-electron chi connectivity index (χ2n) is 4.70. The molecule has 0 spiro atoms. The minimum Gasteiger partial charge on any atom is -0.301 e. The second kappa shape index (κ2) is 7.64. The highest BCUT2D eigenvalue weighted by Gasteiger charge is 2.08. The molecule has 0 aliphatic rings. The zero-order valence-corrected chi connectivity index (χ0v) is 14.4. The summed E-state index contributed by atoms with van der Waals surface area (Å²) in [6, 6.07) is 17.3. The Morgan fingerprint density at radius 2 is 2.00 bits per heavy atom. The standard InChI is InChI=1S/C17H13ClN2OS2/c18-13-7-4-8-14(9-13)22-11-16(21)20-17-19-15(10-23-17)12-5-2-1-3-6-12/h1-10H,11H2,(H,19,20,21). The Morgan fingerprint density at radius 3 is 2.78 bits per heavy atom. The first-order valence-electron chi connectivity index (χ1n) is 6.90. The Morgan fingerprint density at radius 1 is 1.17 bits per heavy atom. The van der Waals surface area contributed by atoms with Crippen LogP contribution >= 0.6 is 34.7 Å². The van der Waals surface area contributed by atoms with Gasteiger partial charge in [-0.1, -0.05) is 48.0 Å². The number of carbonyl (C=O) groups excluding carboxylic acids is 1. The van der Waals surface area contributed by atoms with Crippen molar-refractivity contribution < 1.29 is 4.79 Å². The number of benzene rings is 2. The van der Waals surface area contributed by atoms with Crippen molar-refractivity contribution >= 4 is 45.7 Å². The Balaban J connectivity index is 1.57. The van der Waals surface area contributed by atoms with Crippen LogP contribution in [0.25, 0.3) is 11.3 Å². The van der Waals surface area contributed by atoms with E-state index in [1.54, 1.807) is 0 Å². The van der Waals surface area contributed by atoms with Gasteiger partial charge in [0.15, 0.2) is 5.13 Å². The highest BCUT2D eigenvalue weighted by molar-refractivity contribution is 8.00. The maximum Gasteiger partial charge on any atom is 0.236 e. The summed E-state index contributed by atoms with van der Waals surface area (Å²) >= 11 is 8.80. The summed E-state index contributed by atoms with van der Waals surface area (Å²) in [5, 5.41) is 6.05. The number of nitrogens with one attached hydrogen (secondary N) is 1. The number of hydrogen-bond donors (Lipinski definition) is 1. The van der Waals surface area contributed by atoms with Gasteiger partial charge in [0, 0.05) is 20.9 Å². The molecule has 0 radical (unpaired) electrons. The van der Waals surface area contributed by atoms with Gasteiger partial charge >= 0.3 is 0 Å². The van der Waals surface area contributed by atoms with Gasteiger partial charge in [-0.25, -0.2) is 4.98 Å². The third-order valence-corrected chi connectivity index (χ3v) is 4.97. The molecular weight excluding hydrogens is 348 g/mol. The van der Waals surface area contributed by atoms with E-state index in [1.807, 2.05) is 60.0 Å². The average Bonchev–Trinajstić information content (AvgIpc) is 3.02. The SMILES string of the molecule is O=C(CSc1cccc(Cl)c1)Nc1nc(-c2ccccc2)cs1. The fourth-order valence-corrected chi connectivity index (χ4v) is 3.68. The highest BCUT2D eigenvalue weighted by Crippen LogP contribution is 2.25. The third kappa shape index (κ3) is 4.58. The van der Waals surface area contributed by atoms with Gasteiger partial charge in [-0.05, 0) is 18.2 Å². The lowest BCUT2D eigenvalue weighted by molar-refractivity contribution is -0.113. The molecule has 3 nitrogen and oxygen atoms in total. The van der Waals surface area contributed by atoms with Gasteiger partial charge in [0.2, 0.25) is 5.91 Å². The number of anilines is 1. The molecular formula is C17H13ClN2OS2. The van der Waals surface area contributed by atoms with Crippen molar-refractivity contribution in [2.45, 2.75) is 4.90 Å². The van der Waals surface area contributed by atoms with Gasteiger partial charge < -0.3 is 5.32 Å². The van der Waals surface area contributed by atoms with Crippen molar-refractivity contribution in [2.24, 2.45) is 0 Å². The van der Waals surface area contributed by atoms with E-state index in [0.717, 1.165) is 16.2 Å². The fraction of sp³-hybridized carbons (Fsp3) is 0.0588. The minimum absolute atomic E-state index is 0.0797. The van der Waals surface area contributed by atoms with Gasteiger partial charge in [-0.3, -0.25) is 4.79 Å². The lowest BCUT2D eigenvalue weighted by Crippen LogP contribution is -2.13. The normalized spacial score (nSPS) is 10.5. The highest BCUT2D eigenvalue weighted by atomic mass is 35.5. The van der Waals surface area contributed by atoms with E-state index in [9.17, 15) is 4.79 Å². The molecule has 3 aromatic rings. The van der Waals surface area contributed by atoms with E-state index in [4.69, 9.17) is 11.6 Å². The van der Waals surface area contributed by atoms with Crippen molar-refractivity contribution in [3.63, 3.8) is 0 Å². The number of halogens is 1. The van der Waals surface area contributed by atoms with Crippen LogP contribution < -0.4 is 5.32 Å². The quantitative estimate of drug-likeness (QED) is 0.636. The average molecular weight is 361 g/mol. The number of carbonyl (C=O) groups is 1. The lowest BCUT2D eigenvalue weighted by Gasteiger charge is -2.02. The van der Waals surface area contributed by atoms with E-state index >= 15 is 0 Å². The van der Waals surface area contributed by atoms with Gasteiger partial charge in [0.25, 0.3) is 0 Å². The molecule has 116 valence electrons. The van der Waals surface area contributed by atoms with Crippen LogP contribution in [-0.2, 0) is 4.79 Å². The van der Waals surface area contributed by atoms with Crippen LogP contribution in [0.2, 0.25) is 5.02 Å². The topological polar surface area (TPSA) is 42.0 Å². The molecule has 0 bridgehead atoms. The molecule has 1 amide bonds. The zero-order chi connectivity index (χ0) is 16.1. The van der Waals surface area contributed by atoms with Crippen molar-refractivity contribution in [2.75, 3.05) is 11.1 Å². The van der Waals surface area contributed by atoms with E-state index in [-0.39, 0.29) is 5.91 Å². The predicted molar refractivity (Wildman–Crippen MR) is 98.4 cm³/mol. The molecule has 0 aliphatic carbocycles. The first-order chi connectivity index (χ1) is 11.2. The summed E-state index contributed by atoms with van der Waals surface area (Å²) in [6.07, 6.45) is 0. The molecule has 0 saturated carbocycles. The molecule has 0 atom stereocenters. The smallest absolute Gasteiger partial charge is 0.236 e. The number of rotatable bonds is 5. The van der Waals surface area contributed by atoms with E-state index in [2.05, 4.69) is 10.3 Å². The van der Waals surface area contributed by atoms with Gasteiger partial charge in [-0.15, -0.1) is 23.1 Å². The zero-order valence-electron chi connectivity index (χ0n) is 12.0. The molecule has 0 unspecified atom stereocenters. The fourth-order valence-electron chi connectivity index (χ4n) is 1.93. The van der Waals surface area contributed by atoms with Gasteiger partial charge in [0.1, 0.15) is 0 Å². The Kier molecular flexibility index (Phi) is 5.33. The maximum absolute atomic E-state index is 12.0. The molecule has 3 rings (SSSR count). The molecule has 1 heterocycles. The van der Waals surface area contributed by atoms with Gasteiger partial charge in [0.05, 0.1) is 11.4 Å². The molecule has 1 aromatic heterocycles. The van der Waals surface area contributed by atoms with Crippen LogP contribution in [-0.4, -0.2) is 16.6 Å². The first-order valence-corrected chi connectivity index (χ1v) is 9.14. The van der Waals surface area contributed by atoms with E-state index < -0.39 is 0 Å². The molecule has 23 heavy (non-hydrogen) atoms. The summed E-state index contributed by atoms with van der Waals surface area (Å²) in [7, 11) is 0. The molecule has 1 N–H and O–H groups in total. The van der Waals surface area contributed by atoms with Crippen LogP contribution in [0, 0.1) is 0 Å². The van der Waals surface area contributed by atoms with Crippen LogP contribution in [0.5, 0.6) is 0 Å². The van der Waals surface area contributed by atoms with Crippen LogP contribution in [0.4, 0.5) is 5.13 Å². The number of thioether (sulfide) groups is 1. The number of hydrogen-bond acceptors (Lipinski definition) is 4. The Bertz CT molecular complexity index is 805. The van der Waals surface area contributed by atoms with Crippen LogP contribution in [0.3, 0.4) is 0 Å². The Hall–Kier alpha value is -1.82. The lowest BCUT2D eigenvalue weighted by atomic mass is 10.2. The summed E-state index contributed by atoms with van der Waals surface area (Å²) in [5.74, 6) is 0.240. The second-order valence-corrected chi connectivity index (χ2v) is 7.04. The summed E-state index contributed by atoms with van der Waals surface area (Å²) in [4.78, 5) is 17.4. The van der Waals surface area contributed by atoms with Crippen LogP contribution in [0.15, 0.2) is 64.9 Å². The molecule has 6 heteroatoms. The van der Waals surface area contributed by atoms with Crippen LogP contribution in [0.1, 0.15) is 0 Å². The van der Waals surface area contributed by atoms with E-state index in [1.165, 1.54) is 23.1 Å². The van der Waals surface area contributed by atoms with Crippen molar-refractivity contribution in [3.05, 3.63) is 65.0 Å². The maximum atomic E-state index is 12.0. The largest absolute Gasteiger partial charge is 0.301 e. The Labute approximate surface area is 147 Å². The first kappa shape index (κ1) is 16.1. The minimum atomic E-state index is -0.0797. The molecule has 0 aliphatic heterocycles. The predicted octanol–water partition coefficient (Wildman–Crippen LogP) is 5.19. The number of thiazole rings is 1. The number of amides is 1. The van der Waals surface area contributed by atoms with Gasteiger partial charge in [-0.2, -0.15) is 0 Å². The summed E-state index contributed by atoms with van der Waals surface area (Å²) in [6.45, 7) is 0. The third-order valence-electron chi connectivity index (χ3n) is 2.99. The van der Waals surface area contributed by atoms with Crippen molar-refractivity contribution in [3.8, 4) is 11.3 Å². The summed E-state index contributed by atoms with van der Waals surface area (Å²) < 4.78 is 0. The van der Waals surface area contributed by atoms with E-state index in [0.29, 0.717) is 15.9 Å². The monoisotopic (exact) mass is 360 g/mol. The van der Waals surface area contributed by atoms with Crippen molar-refractivity contribution in [1.29, 1.82) is 0 Å². The molecule has 0 fully saturated rings. The molecule has 2 aromatic carbocycles. The molecule has 0 saturated heterocycles.